The molecule has 1 aromatic carbocycles. The molecular formula is C16H27N3. The molecule has 1 heterocycles. The first kappa shape index (κ1) is 14.4. The van der Waals surface area contributed by atoms with Crippen LogP contribution in [0.25, 0.3) is 0 Å². The fourth-order valence-corrected chi connectivity index (χ4v) is 2.71. The zero-order chi connectivity index (χ0) is 13.5. The topological polar surface area (TPSA) is 18.5 Å². The Kier molecular flexibility index (Phi) is 5.67. The molecule has 0 amide bonds. The van der Waals surface area contributed by atoms with Gasteiger partial charge in [-0.15, -0.1) is 0 Å². The molecule has 3 heteroatoms. The van der Waals surface area contributed by atoms with E-state index in [4.69, 9.17) is 0 Å². The van der Waals surface area contributed by atoms with Crippen molar-refractivity contribution < 1.29 is 0 Å². The van der Waals surface area contributed by atoms with Gasteiger partial charge in [-0.25, -0.2) is 0 Å². The molecule has 0 radical (unpaired) electrons. The molecule has 0 atom stereocenters. The number of para-hydroxylation sites is 1. The van der Waals surface area contributed by atoms with Gasteiger partial charge < -0.3 is 15.1 Å². The summed E-state index contributed by atoms with van der Waals surface area (Å²) in [5, 5.41) is 3.42. The summed E-state index contributed by atoms with van der Waals surface area (Å²) >= 11 is 0. The predicted octanol–water partition coefficient (Wildman–Crippen LogP) is 2.33. The highest BCUT2D eigenvalue weighted by Gasteiger charge is 2.13. The molecule has 19 heavy (non-hydrogen) atoms. The summed E-state index contributed by atoms with van der Waals surface area (Å²) in [5.74, 6) is 0. The van der Waals surface area contributed by atoms with Gasteiger partial charge in [-0.1, -0.05) is 25.1 Å². The summed E-state index contributed by atoms with van der Waals surface area (Å²) in [5.41, 5.74) is 2.76. The summed E-state index contributed by atoms with van der Waals surface area (Å²) in [6, 6.07) is 8.72. The smallest absolute Gasteiger partial charge is 0.0409 e. The molecule has 0 aliphatic carbocycles. The van der Waals surface area contributed by atoms with Crippen LogP contribution in [0.1, 0.15) is 25.3 Å². The third-order valence-corrected chi connectivity index (χ3v) is 3.92. The highest BCUT2D eigenvalue weighted by Crippen LogP contribution is 2.19. The van der Waals surface area contributed by atoms with Crippen LogP contribution < -0.4 is 10.2 Å². The monoisotopic (exact) mass is 261 g/mol. The Labute approximate surface area is 117 Å². The maximum absolute atomic E-state index is 3.42. The Balaban J connectivity index is 1.91. The number of nitrogens with zero attached hydrogens (tertiary/aromatic N) is 2. The number of anilines is 1. The lowest BCUT2D eigenvalue weighted by Gasteiger charge is -2.25. The molecule has 0 bridgehead atoms. The van der Waals surface area contributed by atoms with Gasteiger partial charge in [0.05, 0.1) is 0 Å². The predicted molar refractivity (Wildman–Crippen MR) is 82.8 cm³/mol. The standard InChI is InChI=1S/C16H27N3/c1-3-17-14-15-8-4-5-9-16(15)18(2)12-13-19-10-6-7-11-19/h4-5,8-9,17H,3,6-7,10-14H2,1-2H3. The Morgan fingerprint density at radius 2 is 1.95 bits per heavy atom. The number of nitrogens with one attached hydrogen (secondary N) is 1. The van der Waals surface area contributed by atoms with E-state index in [0.717, 1.165) is 19.6 Å². The average Bonchev–Trinajstić information content (AvgIpc) is 2.96. The Morgan fingerprint density at radius 3 is 2.68 bits per heavy atom. The largest absolute Gasteiger partial charge is 0.373 e. The maximum atomic E-state index is 3.42. The van der Waals surface area contributed by atoms with Crippen molar-refractivity contribution in [3.8, 4) is 0 Å². The third-order valence-electron chi connectivity index (χ3n) is 3.92. The highest BCUT2D eigenvalue weighted by atomic mass is 15.2. The van der Waals surface area contributed by atoms with Crippen molar-refractivity contribution in [1.29, 1.82) is 0 Å². The number of hydrogen-bond donors (Lipinski definition) is 1. The van der Waals surface area contributed by atoms with Crippen LogP contribution in [0, 0.1) is 0 Å². The van der Waals surface area contributed by atoms with Gasteiger partial charge in [-0.2, -0.15) is 0 Å². The zero-order valence-electron chi connectivity index (χ0n) is 12.4. The third kappa shape index (κ3) is 4.22. The highest BCUT2D eigenvalue weighted by molar-refractivity contribution is 5.53. The fraction of sp³-hybridized carbons (Fsp3) is 0.625. The quantitative estimate of drug-likeness (QED) is 0.812. The van der Waals surface area contributed by atoms with E-state index in [1.807, 2.05) is 0 Å². The molecule has 0 aromatic heterocycles. The lowest BCUT2D eigenvalue weighted by Crippen LogP contribution is -2.32. The average molecular weight is 261 g/mol. The summed E-state index contributed by atoms with van der Waals surface area (Å²) in [7, 11) is 2.21. The van der Waals surface area contributed by atoms with Gasteiger partial charge >= 0.3 is 0 Å². The second-order valence-corrected chi connectivity index (χ2v) is 5.38. The molecule has 1 aliphatic heterocycles. The molecule has 0 saturated carbocycles. The Morgan fingerprint density at radius 1 is 1.21 bits per heavy atom. The van der Waals surface area contributed by atoms with Crippen molar-refractivity contribution in [2.75, 3.05) is 44.7 Å². The summed E-state index contributed by atoms with van der Waals surface area (Å²) < 4.78 is 0. The molecule has 1 saturated heterocycles. The zero-order valence-corrected chi connectivity index (χ0v) is 12.4. The summed E-state index contributed by atoms with van der Waals surface area (Å²) in [6.07, 6.45) is 2.75. The van der Waals surface area contributed by atoms with E-state index in [1.54, 1.807) is 0 Å². The van der Waals surface area contributed by atoms with Crippen molar-refractivity contribution in [2.45, 2.75) is 26.3 Å². The minimum atomic E-state index is 0.959. The first-order chi connectivity index (χ1) is 9.31. The van der Waals surface area contributed by atoms with Crippen molar-refractivity contribution in [2.24, 2.45) is 0 Å². The number of benzene rings is 1. The van der Waals surface area contributed by atoms with Gasteiger partial charge in [0.15, 0.2) is 0 Å². The number of likely N-dealkylation sites (N-methyl/N-ethyl adjacent to an activating group) is 1. The number of rotatable bonds is 7. The van der Waals surface area contributed by atoms with Gasteiger partial charge in [0, 0.05) is 32.4 Å². The van der Waals surface area contributed by atoms with Crippen LogP contribution in [0.5, 0.6) is 0 Å². The van der Waals surface area contributed by atoms with Gasteiger partial charge in [0.25, 0.3) is 0 Å². The van der Waals surface area contributed by atoms with Crippen LogP contribution in [0.4, 0.5) is 5.69 Å². The first-order valence-corrected chi connectivity index (χ1v) is 7.53. The van der Waals surface area contributed by atoms with Crippen LogP contribution in [0.15, 0.2) is 24.3 Å². The van der Waals surface area contributed by atoms with Gasteiger partial charge in [0.2, 0.25) is 0 Å². The molecular weight excluding hydrogens is 234 g/mol. The van der Waals surface area contributed by atoms with Gasteiger partial charge in [0.1, 0.15) is 0 Å². The minimum Gasteiger partial charge on any atom is -0.373 e. The molecule has 1 fully saturated rings. The van der Waals surface area contributed by atoms with E-state index in [1.165, 1.54) is 43.7 Å². The van der Waals surface area contributed by atoms with E-state index >= 15 is 0 Å². The molecule has 0 unspecified atom stereocenters. The normalized spacial score (nSPS) is 15.9. The van der Waals surface area contributed by atoms with Crippen molar-refractivity contribution >= 4 is 5.69 Å². The lowest BCUT2D eigenvalue weighted by atomic mass is 10.1. The number of hydrogen-bond acceptors (Lipinski definition) is 3. The van der Waals surface area contributed by atoms with Crippen LogP contribution in [-0.4, -0.2) is 44.7 Å². The van der Waals surface area contributed by atoms with Crippen molar-refractivity contribution in [1.82, 2.24) is 10.2 Å². The molecule has 2 rings (SSSR count). The summed E-state index contributed by atoms with van der Waals surface area (Å²) in [6.45, 7) is 9.00. The van der Waals surface area contributed by atoms with E-state index < -0.39 is 0 Å². The Hall–Kier alpha value is -1.06. The SMILES string of the molecule is CCNCc1ccccc1N(C)CCN1CCCC1. The van der Waals surface area contributed by atoms with E-state index in [9.17, 15) is 0 Å². The molecule has 1 aliphatic rings. The molecule has 1 aromatic rings. The molecule has 1 N–H and O–H groups in total. The van der Waals surface area contributed by atoms with Crippen molar-refractivity contribution in [3.05, 3.63) is 29.8 Å². The van der Waals surface area contributed by atoms with Crippen LogP contribution >= 0.6 is 0 Å². The van der Waals surface area contributed by atoms with Crippen LogP contribution in [0.2, 0.25) is 0 Å². The van der Waals surface area contributed by atoms with E-state index in [2.05, 4.69) is 53.4 Å². The Bertz CT molecular complexity index is 372. The maximum Gasteiger partial charge on any atom is 0.0409 e. The fourth-order valence-electron chi connectivity index (χ4n) is 2.71. The second-order valence-electron chi connectivity index (χ2n) is 5.38. The van der Waals surface area contributed by atoms with E-state index in [-0.39, 0.29) is 0 Å². The molecule has 3 nitrogen and oxygen atoms in total. The summed E-state index contributed by atoms with van der Waals surface area (Å²) in [4.78, 5) is 4.97. The van der Waals surface area contributed by atoms with Crippen molar-refractivity contribution in [3.63, 3.8) is 0 Å². The minimum absolute atomic E-state index is 0.959. The molecule has 0 spiro atoms. The second kappa shape index (κ2) is 7.51. The molecule has 106 valence electrons. The van der Waals surface area contributed by atoms with Crippen LogP contribution in [0.3, 0.4) is 0 Å². The van der Waals surface area contributed by atoms with Gasteiger partial charge in [-0.3, -0.25) is 0 Å². The van der Waals surface area contributed by atoms with Crippen LogP contribution in [-0.2, 0) is 6.54 Å². The van der Waals surface area contributed by atoms with Gasteiger partial charge in [-0.05, 0) is 44.1 Å². The lowest BCUT2D eigenvalue weighted by molar-refractivity contribution is 0.346. The number of likely N-dealkylation sites (tertiary alicyclic amines) is 1. The first-order valence-electron chi connectivity index (χ1n) is 7.53. The van der Waals surface area contributed by atoms with E-state index in [0.29, 0.717) is 0 Å².